The van der Waals surface area contributed by atoms with Crippen LogP contribution < -0.4 is 5.32 Å². The minimum atomic E-state index is -0.405. The lowest BCUT2D eigenvalue weighted by Gasteiger charge is -2.19. The Kier molecular flexibility index (Phi) is 4.24. The number of fused-ring (bicyclic) bond motifs is 1. The third kappa shape index (κ3) is 2.87. The summed E-state index contributed by atoms with van der Waals surface area (Å²) in [6.45, 7) is -0.254. The molecule has 8 heteroatoms. The summed E-state index contributed by atoms with van der Waals surface area (Å²) in [6.07, 6.45) is 6.34. The molecule has 1 aromatic carbocycles. The number of benzene rings is 1. The SMILES string of the molecule is O=C(CN1C(=O)C2CCCCC2C1=O)Nc1ccccc1-n1cncn1. The van der Waals surface area contributed by atoms with Crippen LogP contribution in [-0.2, 0) is 14.4 Å². The maximum atomic E-state index is 12.5. The third-order valence-corrected chi connectivity index (χ3v) is 5.08. The van der Waals surface area contributed by atoms with Crippen LogP contribution in [0.2, 0.25) is 0 Å². The number of para-hydroxylation sites is 2. The van der Waals surface area contributed by atoms with Crippen molar-refractivity contribution in [1.29, 1.82) is 0 Å². The first-order valence-corrected chi connectivity index (χ1v) is 8.74. The fraction of sp³-hybridized carbons (Fsp3) is 0.389. The molecule has 1 N–H and O–H groups in total. The van der Waals surface area contributed by atoms with Crippen LogP contribution in [0.4, 0.5) is 5.69 Å². The molecule has 134 valence electrons. The molecule has 2 aromatic rings. The lowest BCUT2D eigenvalue weighted by atomic mass is 9.81. The molecule has 2 fully saturated rings. The van der Waals surface area contributed by atoms with Crippen LogP contribution in [0.1, 0.15) is 25.7 Å². The second-order valence-corrected chi connectivity index (χ2v) is 6.67. The Morgan fingerprint density at radius 3 is 2.46 bits per heavy atom. The minimum absolute atomic E-state index is 0.209. The second-order valence-electron chi connectivity index (χ2n) is 6.67. The summed E-state index contributed by atoms with van der Waals surface area (Å²) in [5.74, 6) is -1.31. The van der Waals surface area contributed by atoms with Gasteiger partial charge in [0.25, 0.3) is 0 Å². The van der Waals surface area contributed by atoms with Gasteiger partial charge in [-0.2, -0.15) is 5.10 Å². The monoisotopic (exact) mass is 353 g/mol. The number of carbonyl (C=O) groups is 3. The van der Waals surface area contributed by atoms with E-state index >= 15 is 0 Å². The first kappa shape index (κ1) is 16.4. The van der Waals surface area contributed by atoms with Crippen LogP contribution in [0.15, 0.2) is 36.9 Å². The van der Waals surface area contributed by atoms with Crippen LogP contribution in [-0.4, -0.2) is 43.9 Å². The van der Waals surface area contributed by atoms with E-state index in [1.54, 1.807) is 18.2 Å². The number of imide groups is 1. The predicted molar refractivity (Wildman–Crippen MR) is 92.2 cm³/mol. The molecule has 0 radical (unpaired) electrons. The quantitative estimate of drug-likeness (QED) is 0.838. The van der Waals surface area contributed by atoms with Gasteiger partial charge >= 0.3 is 0 Å². The zero-order chi connectivity index (χ0) is 18.1. The normalized spacial score (nSPS) is 22.4. The number of anilines is 1. The molecule has 1 aliphatic heterocycles. The van der Waals surface area contributed by atoms with E-state index in [2.05, 4.69) is 15.4 Å². The van der Waals surface area contributed by atoms with E-state index in [0.717, 1.165) is 30.6 Å². The highest BCUT2D eigenvalue weighted by Gasteiger charge is 2.48. The highest BCUT2D eigenvalue weighted by molar-refractivity contribution is 6.08. The number of hydrogen-bond acceptors (Lipinski definition) is 5. The van der Waals surface area contributed by atoms with E-state index in [9.17, 15) is 14.4 Å². The standard InChI is InChI=1S/C18H19N5O3/c24-16(9-22-17(25)12-5-1-2-6-13(12)18(22)26)21-14-7-3-4-8-15(14)23-11-19-10-20-23/h3-4,7-8,10-13H,1-2,5-6,9H2,(H,21,24). The molecule has 1 aromatic heterocycles. The molecule has 2 aliphatic rings. The van der Waals surface area contributed by atoms with E-state index in [1.165, 1.54) is 17.3 Å². The lowest BCUT2D eigenvalue weighted by molar-refractivity contribution is -0.142. The number of aromatic nitrogens is 3. The molecule has 26 heavy (non-hydrogen) atoms. The van der Waals surface area contributed by atoms with Gasteiger partial charge in [0.2, 0.25) is 17.7 Å². The third-order valence-electron chi connectivity index (χ3n) is 5.08. The maximum Gasteiger partial charge on any atom is 0.244 e. The van der Waals surface area contributed by atoms with Crippen molar-refractivity contribution in [3.63, 3.8) is 0 Å². The number of nitrogens with zero attached hydrogens (tertiary/aromatic N) is 4. The average molecular weight is 353 g/mol. The van der Waals surface area contributed by atoms with Crippen molar-refractivity contribution < 1.29 is 14.4 Å². The van der Waals surface area contributed by atoms with Crippen LogP contribution in [0, 0.1) is 11.8 Å². The average Bonchev–Trinajstić information content (AvgIpc) is 3.26. The Bertz CT molecular complexity index is 824. The van der Waals surface area contributed by atoms with Gasteiger partial charge in [0, 0.05) is 0 Å². The Morgan fingerprint density at radius 1 is 1.12 bits per heavy atom. The van der Waals surface area contributed by atoms with E-state index in [0.29, 0.717) is 11.4 Å². The van der Waals surface area contributed by atoms with Gasteiger partial charge < -0.3 is 5.32 Å². The number of nitrogens with one attached hydrogen (secondary N) is 1. The molecule has 8 nitrogen and oxygen atoms in total. The molecular weight excluding hydrogens is 334 g/mol. The maximum absolute atomic E-state index is 12.5. The number of hydrogen-bond donors (Lipinski definition) is 1. The zero-order valence-corrected chi connectivity index (χ0v) is 14.2. The van der Waals surface area contributed by atoms with Gasteiger partial charge in [0.1, 0.15) is 19.2 Å². The summed E-state index contributed by atoms with van der Waals surface area (Å²) in [6, 6.07) is 7.15. The predicted octanol–water partition coefficient (Wildman–Crippen LogP) is 1.38. The lowest BCUT2D eigenvalue weighted by Crippen LogP contribution is -2.38. The molecule has 4 rings (SSSR count). The molecule has 2 unspecified atom stereocenters. The zero-order valence-electron chi connectivity index (χ0n) is 14.2. The van der Waals surface area contributed by atoms with Crippen molar-refractivity contribution in [3.8, 4) is 5.69 Å². The fourth-order valence-corrected chi connectivity index (χ4v) is 3.83. The van der Waals surface area contributed by atoms with E-state index in [4.69, 9.17) is 0 Å². The van der Waals surface area contributed by atoms with Crippen LogP contribution in [0.5, 0.6) is 0 Å². The number of amides is 3. The molecule has 2 atom stereocenters. The number of carbonyl (C=O) groups excluding carboxylic acids is 3. The van der Waals surface area contributed by atoms with Gasteiger partial charge in [-0.1, -0.05) is 25.0 Å². The summed E-state index contributed by atoms with van der Waals surface area (Å²) in [7, 11) is 0. The van der Waals surface area contributed by atoms with Gasteiger partial charge in [-0.15, -0.1) is 0 Å². The van der Waals surface area contributed by atoms with Crippen molar-refractivity contribution in [1.82, 2.24) is 19.7 Å². The van der Waals surface area contributed by atoms with Crippen molar-refractivity contribution in [2.45, 2.75) is 25.7 Å². The first-order valence-electron chi connectivity index (χ1n) is 8.74. The van der Waals surface area contributed by atoms with Crippen molar-refractivity contribution in [3.05, 3.63) is 36.9 Å². The van der Waals surface area contributed by atoms with Crippen molar-refractivity contribution in [2.24, 2.45) is 11.8 Å². The van der Waals surface area contributed by atoms with Crippen LogP contribution >= 0.6 is 0 Å². The summed E-state index contributed by atoms with van der Waals surface area (Å²) >= 11 is 0. The van der Waals surface area contributed by atoms with Gasteiger partial charge in [-0.25, -0.2) is 9.67 Å². The molecule has 3 amide bonds. The minimum Gasteiger partial charge on any atom is -0.323 e. The molecule has 1 aliphatic carbocycles. The Labute approximate surface area is 150 Å². The largest absolute Gasteiger partial charge is 0.323 e. The van der Waals surface area contributed by atoms with E-state index in [-0.39, 0.29) is 30.2 Å². The smallest absolute Gasteiger partial charge is 0.244 e. The molecular formula is C18H19N5O3. The van der Waals surface area contributed by atoms with E-state index < -0.39 is 5.91 Å². The summed E-state index contributed by atoms with van der Waals surface area (Å²) in [4.78, 5) is 42.5. The topological polar surface area (TPSA) is 97.2 Å². The van der Waals surface area contributed by atoms with Crippen molar-refractivity contribution >= 4 is 23.4 Å². The fourth-order valence-electron chi connectivity index (χ4n) is 3.83. The molecule has 2 heterocycles. The molecule has 0 spiro atoms. The molecule has 0 bridgehead atoms. The van der Waals surface area contributed by atoms with Gasteiger partial charge in [-0.3, -0.25) is 19.3 Å². The highest BCUT2D eigenvalue weighted by Crippen LogP contribution is 2.37. The number of rotatable bonds is 4. The first-order chi connectivity index (χ1) is 12.6. The van der Waals surface area contributed by atoms with Gasteiger partial charge in [-0.05, 0) is 25.0 Å². The Morgan fingerprint density at radius 2 is 1.81 bits per heavy atom. The van der Waals surface area contributed by atoms with Gasteiger partial charge in [0.05, 0.1) is 23.2 Å². The van der Waals surface area contributed by atoms with Crippen LogP contribution in [0.3, 0.4) is 0 Å². The molecule has 1 saturated heterocycles. The second kappa shape index (κ2) is 6.70. The highest BCUT2D eigenvalue weighted by atomic mass is 16.2. The molecule has 1 saturated carbocycles. The summed E-state index contributed by atoms with van der Waals surface area (Å²) in [5, 5.41) is 6.84. The number of likely N-dealkylation sites (tertiary alicyclic amines) is 1. The summed E-state index contributed by atoms with van der Waals surface area (Å²) < 4.78 is 1.54. The van der Waals surface area contributed by atoms with Crippen LogP contribution in [0.25, 0.3) is 5.69 Å². The Hall–Kier alpha value is -3.03. The van der Waals surface area contributed by atoms with Crippen molar-refractivity contribution in [2.75, 3.05) is 11.9 Å². The summed E-state index contributed by atoms with van der Waals surface area (Å²) in [5.41, 5.74) is 1.20. The van der Waals surface area contributed by atoms with E-state index in [1.807, 2.05) is 6.07 Å². The Balaban J connectivity index is 1.48. The van der Waals surface area contributed by atoms with Gasteiger partial charge in [0.15, 0.2) is 0 Å².